The molecule has 0 unspecified atom stereocenters. The van der Waals surface area contributed by atoms with Crippen LogP contribution in [0.3, 0.4) is 0 Å². The van der Waals surface area contributed by atoms with Crippen LogP contribution in [-0.4, -0.2) is 46.3 Å². The third-order valence-corrected chi connectivity index (χ3v) is 5.35. The number of likely N-dealkylation sites (tertiary alicyclic amines) is 1. The zero-order valence-corrected chi connectivity index (χ0v) is 17.3. The monoisotopic (exact) mass is 423 g/mol. The number of H-pyrrole nitrogens is 1. The number of aryl methyl sites for hydroxylation is 1. The second-order valence-electron chi connectivity index (χ2n) is 7.86. The number of fused-ring (bicyclic) bond motifs is 1. The van der Waals surface area contributed by atoms with E-state index in [2.05, 4.69) is 25.5 Å². The topological polar surface area (TPSA) is 90.1 Å². The van der Waals surface area contributed by atoms with Crippen molar-refractivity contribution in [2.45, 2.75) is 32.1 Å². The summed E-state index contributed by atoms with van der Waals surface area (Å²) in [5.74, 6) is 0.145. The fourth-order valence-corrected chi connectivity index (χ4v) is 3.77. The number of rotatable bonds is 7. The highest BCUT2D eigenvalue weighted by Gasteiger charge is 2.14. The first-order chi connectivity index (χ1) is 15.0. The van der Waals surface area contributed by atoms with Gasteiger partial charge in [-0.05, 0) is 68.4 Å². The van der Waals surface area contributed by atoms with Crippen molar-refractivity contribution >= 4 is 34.2 Å². The van der Waals surface area contributed by atoms with Gasteiger partial charge in [-0.15, -0.1) is 0 Å². The molecular weight excluding hydrogens is 397 g/mol. The van der Waals surface area contributed by atoms with Crippen LogP contribution in [0.2, 0.25) is 0 Å². The first kappa shape index (κ1) is 21.0. The van der Waals surface area contributed by atoms with E-state index in [9.17, 15) is 14.0 Å². The van der Waals surface area contributed by atoms with E-state index in [0.29, 0.717) is 41.2 Å². The molecule has 1 aliphatic heterocycles. The number of aromatic amines is 1. The number of halogens is 1. The molecule has 0 bridgehead atoms. The number of nitrogens with one attached hydrogen (secondary N) is 3. The molecule has 1 aromatic heterocycles. The molecule has 1 aliphatic rings. The standard InChI is InChI=1S/C23H26FN5O2/c24-16-4-9-19-20(14-16)28-21(27-19)10-11-22(30)25-17-5-7-18(8-6-17)26-23(31)15-29-12-2-1-3-13-29/h4-9,14H,1-3,10-13,15H2,(H,25,30)(H,26,31)(H,27,28). The summed E-state index contributed by atoms with van der Waals surface area (Å²) in [6.07, 6.45) is 4.21. The van der Waals surface area contributed by atoms with Crippen molar-refractivity contribution in [3.63, 3.8) is 0 Å². The van der Waals surface area contributed by atoms with E-state index >= 15 is 0 Å². The molecule has 0 radical (unpaired) electrons. The summed E-state index contributed by atoms with van der Waals surface area (Å²) in [7, 11) is 0. The van der Waals surface area contributed by atoms with E-state index in [0.717, 1.165) is 25.9 Å². The minimum Gasteiger partial charge on any atom is -0.342 e. The molecule has 2 aromatic carbocycles. The van der Waals surface area contributed by atoms with Crippen molar-refractivity contribution in [2.24, 2.45) is 0 Å². The summed E-state index contributed by atoms with van der Waals surface area (Å²) in [5, 5.41) is 5.74. The highest BCUT2D eigenvalue weighted by Crippen LogP contribution is 2.16. The summed E-state index contributed by atoms with van der Waals surface area (Å²) in [4.78, 5) is 34.0. The molecule has 3 aromatic rings. The minimum atomic E-state index is -0.327. The lowest BCUT2D eigenvalue weighted by Crippen LogP contribution is -2.36. The Hall–Kier alpha value is -3.26. The summed E-state index contributed by atoms with van der Waals surface area (Å²) in [5.41, 5.74) is 2.66. The molecular formula is C23H26FN5O2. The van der Waals surface area contributed by atoms with Gasteiger partial charge in [-0.3, -0.25) is 14.5 Å². The zero-order chi connectivity index (χ0) is 21.6. The van der Waals surface area contributed by atoms with Gasteiger partial charge < -0.3 is 15.6 Å². The first-order valence-electron chi connectivity index (χ1n) is 10.6. The summed E-state index contributed by atoms with van der Waals surface area (Å²) in [6, 6.07) is 11.4. The van der Waals surface area contributed by atoms with Gasteiger partial charge >= 0.3 is 0 Å². The van der Waals surface area contributed by atoms with Gasteiger partial charge in [0, 0.05) is 24.2 Å². The van der Waals surface area contributed by atoms with Gasteiger partial charge in [0.1, 0.15) is 11.6 Å². The Balaban J connectivity index is 1.24. The van der Waals surface area contributed by atoms with Gasteiger partial charge in [0.25, 0.3) is 0 Å². The SMILES string of the molecule is O=C(CCc1nc2ccc(F)cc2[nH]1)Nc1ccc(NC(=O)CN2CCCCC2)cc1. The normalized spacial score (nSPS) is 14.5. The molecule has 1 saturated heterocycles. The second-order valence-corrected chi connectivity index (χ2v) is 7.86. The third kappa shape index (κ3) is 5.88. The van der Waals surface area contributed by atoms with E-state index in [1.165, 1.54) is 18.6 Å². The van der Waals surface area contributed by atoms with Crippen LogP contribution in [0.15, 0.2) is 42.5 Å². The van der Waals surface area contributed by atoms with Crippen molar-refractivity contribution in [3.05, 3.63) is 54.1 Å². The number of amides is 2. The maximum atomic E-state index is 13.3. The lowest BCUT2D eigenvalue weighted by Gasteiger charge is -2.25. The van der Waals surface area contributed by atoms with Gasteiger partial charge in [0.15, 0.2) is 0 Å². The number of hydrogen-bond donors (Lipinski definition) is 3. The molecule has 2 heterocycles. The number of nitrogens with zero attached hydrogens (tertiary/aromatic N) is 2. The fourth-order valence-electron chi connectivity index (χ4n) is 3.77. The summed E-state index contributed by atoms with van der Waals surface area (Å²) < 4.78 is 13.3. The van der Waals surface area contributed by atoms with Crippen LogP contribution >= 0.6 is 0 Å². The minimum absolute atomic E-state index is 0.0237. The molecule has 2 amide bonds. The molecule has 162 valence electrons. The number of aromatic nitrogens is 2. The van der Waals surface area contributed by atoms with E-state index in [4.69, 9.17) is 0 Å². The molecule has 8 heteroatoms. The van der Waals surface area contributed by atoms with Crippen LogP contribution in [0, 0.1) is 5.82 Å². The van der Waals surface area contributed by atoms with E-state index in [1.807, 2.05) is 0 Å². The molecule has 0 atom stereocenters. The number of anilines is 2. The summed E-state index contributed by atoms with van der Waals surface area (Å²) >= 11 is 0. The maximum absolute atomic E-state index is 13.3. The molecule has 3 N–H and O–H groups in total. The van der Waals surface area contributed by atoms with Gasteiger partial charge in [-0.25, -0.2) is 9.37 Å². The Kier molecular flexibility index (Phi) is 6.57. The molecule has 1 fully saturated rings. The second kappa shape index (κ2) is 9.70. The Labute approximate surface area is 180 Å². The van der Waals surface area contributed by atoms with Gasteiger partial charge in [-0.2, -0.15) is 0 Å². The first-order valence-corrected chi connectivity index (χ1v) is 10.6. The fraction of sp³-hybridized carbons (Fsp3) is 0.348. The maximum Gasteiger partial charge on any atom is 0.238 e. The largest absolute Gasteiger partial charge is 0.342 e. The number of piperidine rings is 1. The Bertz CT molecular complexity index is 1060. The van der Waals surface area contributed by atoms with Crippen molar-refractivity contribution < 1.29 is 14.0 Å². The number of carbonyl (C=O) groups excluding carboxylic acids is 2. The van der Waals surface area contributed by atoms with Crippen LogP contribution in [0.4, 0.5) is 15.8 Å². The molecule has 31 heavy (non-hydrogen) atoms. The highest BCUT2D eigenvalue weighted by atomic mass is 19.1. The average Bonchev–Trinajstić information content (AvgIpc) is 3.16. The molecule has 0 saturated carbocycles. The lowest BCUT2D eigenvalue weighted by molar-refractivity contribution is -0.117. The van der Waals surface area contributed by atoms with E-state index in [-0.39, 0.29) is 24.1 Å². The highest BCUT2D eigenvalue weighted by molar-refractivity contribution is 5.93. The van der Waals surface area contributed by atoms with Crippen molar-refractivity contribution in [3.8, 4) is 0 Å². The molecule has 7 nitrogen and oxygen atoms in total. The average molecular weight is 423 g/mol. The van der Waals surface area contributed by atoms with E-state index in [1.54, 1.807) is 30.3 Å². The number of carbonyl (C=O) groups is 2. The van der Waals surface area contributed by atoms with Crippen molar-refractivity contribution in [1.29, 1.82) is 0 Å². The third-order valence-electron chi connectivity index (χ3n) is 5.35. The summed E-state index contributed by atoms with van der Waals surface area (Å²) in [6.45, 7) is 2.36. The predicted molar refractivity (Wildman–Crippen MR) is 118 cm³/mol. The van der Waals surface area contributed by atoms with Crippen LogP contribution in [0.1, 0.15) is 31.5 Å². The van der Waals surface area contributed by atoms with Crippen LogP contribution < -0.4 is 10.6 Å². The van der Waals surface area contributed by atoms with Crippen molar-refractivity contribution in [2.75, 3.05) is 30.3 Å². The van der Waals surface area contributed by atoms with Crippen LogP contribution in [0.25, 0.3) is 11.0 Å². The van der Waals surface area contributed by atoms with Crippen LogP contribution in [0.5, 0.6) is 0 Å². The Morgan fingerprint density at radius 3 is 2.35 bits per heavy atom. The molecule has 0 aliphatic carbocycles. The molecule has 4 rings (SSSR count). The lowest BCUT2D eigenvalue weighted by atomic mass is 10.1. The predicted octanol–water partition coefficient (Wildman–Crippen LogP) is 3.70. The number of benzene rings is 2. The number of hydrogen-bond acceptors (Lipinski definition) is 4. The smallest absolute Gasteiger partial charge is 0.238 e. The Morgan fingerprint density at radius 2 is 1.65 bits per heavy atom. The number of imidazole rings is 1. The quantitative estimate of drug-likeness (QED) is 0.541. The van der Waals surface area contributed by atoms with Crippen molar-refractivity contribution in [1.82, 2.24) is 14.9 Å². The molecule has 0 spiro atoms. The van der Waals surface area contributed by atoms with Gasteiger partial charge in [0.05, 0.1) is 17.6 Å². The van der Waals surface area contributed by atoms with Gasteiger partial charge in [-0.1, -0.05) is 6.42 Å². The Morgan fingerprint density at radius 1 is 0.968 bits per heavy atom. The van der Waals surface area contributed by atoms with Crippen LogP contribution in [-0.2, 0) is 16.0 Å². The zero-order valence-electron chi connectivity index (χ0n) is 17.3. The van der Waals surface area contributed by atoms with E-state index < -0.39 is 0 Å². The van der Waals surface area contributed by atoms with Gasteiger partial charge in [0.2, 0.25) is 11.8 Å².